The molecule has 3 heteroatoms. The van der Waals surface area contributed by atoms with E-state index in [4.69, 9.17) is 4.74 Å². The van der Waals surface area contributed by atoms with Crippen molar-refractivity contribution in [3.05, 3.63) is 12.3 Å². The van der Waals surface area contributed by atoms with Crippen LogP contribution >= 0.6 is 0 Å². The van der Waals surface area contributed by atoms with E-state index in [1.54, 1.807) is 6.26 Å². The van der Waals surface area contributed by atoms with Crippen LogP contribution in [0.4, 0.5) is 0 Å². The van der Waals surface area contributed by atoms with Gasteiger partial charge in [-0.2, -0.15) is 0 Å². The van der Waals surface area contributed by atoms with Gasteiger partial charge in [0.25, 0.3) is 0 Å². The summed E-state index contributed by atoms with van der Waals surface area (Å²) in [6.45, 7) is 4.98. The van der Waals surface area contributed by atoms with Crippen molar-refractivity contribution in [2.75, 3.05) is 18.1 Å². The minimum atomic E-state index is -0.573. The first-order valence-corrected chi connectivity index (χ1v) is 7.79. The van der Waals surface area contributed by atoms with E-state index in [0.717, 1.165) is 43.8 Å². The number of hydrogen-bond acceptors (Lipinski definition) is 2. The number of allylic oxidation sites excluding steroid dienone is 1. The van der Waals surface area contributed by atoms with Crippen molar-refractivity contribution in [2.24, 2.45) is 5.41 Å². The minimum absolute atomic E-state index is 0.336. The second kappa shape index (κ2) is 7.10. The van der Waals surface area contributed by atoms with Gasteiger partial charge >= 0.3 is 0 Å². The Morgan fingerprint density at radius 2 is 2.31 bits per heavy atom. The quantitative estimate of drug-likeness (QED) is 0.529. The fourth-order valence-electron chi connectivity index (χ4n) is 2.44. The van der Waals surface area contributed by atoms with E-state index in [9.17, 15) is 4.21 Å². The van der Waals surface area contributed by atoms with E-state index in [1.165, 1.54) is 6.42 Å². The lowest BCUT2D eigenvalue weighted by Crippen LogP contribution is -2.33. The molecule has 1 aliphatic rings. The predicted molar refractivity (Wildman–Crippen MR) is 69.8 cm³/mol. The fourth-order valence-corrected chi connectivity index (χ4v) is 4.23. The lowest BCUT2D eigenvalue weighted by molar-refractivity contribution is 0.192. The summed E-state index contributed by atoms with van der Waals surface area (Å²) in [5.41, 5.74) is 0.336. The molecule has 0 aliphatic carbocycles. The molecule has 16 heavy (non-hydrogen) atoms. The Bertz CT molecular complexity index is 250. The Balaban J connectivity index is 2.32. The molecule has 0 N–H and O–H groups in total. The van der Waals surface area contributed by atoms with E-state index in [0.29, 0.717) is 5.41 Å². The van der Waals surface area contributed by atoms with Crippen LogP contribution in [0.15, 0.2) is 12.3 Å². The summed E-state index contributed by atoms with van der Waals surface area (Å²) in [4.78, 5) is 0. The van der Waals surface area contributed by atoms with Gasteiger partial charge in [-0.15, -0.1) is 0 Å². The molecule has 1 fully saturated rings. The number of hydrogen-bond donors (Lipinski definition) is 0. The molecular weight excluding hydrogens is 220 g/mol. The molecule has 0 radical (unpaired) electrons. The van der Waals surface area contributed by atoms with Crippen LogP contribution in [0.1, 0.15) is 46.0 Å². The maximum Gasteiger partial charge on any atom is 0.0873 e. The van der Waals surface area contributed by atoms with Gasteiger partial charge in [0.15, 0.2) is 0 Å². The van der Waals surface area contributed by atoms with Crippen LogP contribution in [-0.4, -0.2) is 22.3 Å². The van der Waals surface area contributed by atoms with Crippen molar-refractivity contribution in [1.29, 1.82) is 0 Å². The standard InChI is InChI=1S/C13H24O2S/c1-3-9-15-10-5-7-13(4-2)8-6-11-16(14)12-13/h3,9H,4-8,10-12H2,1-2H3/b9-3+. The van der Waals surface area contributed by atoms with Gasteiger partial charge < -0.3 is 4.74 Å². The van der Waals surface area contributed by atoms with Crippen molar-refractivity contribution >= 4 is 10.8 Å². The smallest absolute Gasteiger partial charge is 0.0873 e. The topological polar surface area (TPSA) is 26.3 Å². The summed E-state index contributed by atoms with van der Waals surface area (Å²) in [6, 6.07) is 0. The van der Waals surface area contributed by atoms with Gasteiger partial charge in [0.05, 0.1) is 12.9 Å². The maximum absolute atomic E-state index is 11.6. The van der Waals surface area contributed by atoms with Gasteiger partial charge in [-0.3, -0.25) is 4.21 Å². The zero-order valence-electron chi connectivity index (χ0n) is 10.5. The Kier molecular flexibility index (Phi) is 6.10. The first kappa shape index (κ1) is 13.8. The highest BCUT2D eigenvalue weighted by molar-refractivity contribution is 7.85. The van der Waals surface area contributed by atoms with E-state index >= 15 is 0 Å². The van der Waals surface area contributed by atoms with E-state index in [1.807, 2.05) is 13.0 Å². The molecule has 0 aromatic heterocycles. The highest BCUT2D eigenvalue weighted by Crippen LogP contribution is 2.37. The average Bonchev–Trinajstić information content (AvgIpc) is 2.29. The third-order valence-corrected chi connectivity index (χ3v) is 5.18. The van der Waals surface area contributed by atoms with Gasteiger partial charge in [0.2, 0.25) is 0 Å². The monoisotopic (exact) mass is 244 g/mol. The van der Waals surface area contributed by atoms with Gasteiger partial charge in [0, 0.05) is 22.3 Å². The van der Waals surface area contributed by atoms with Crippen molar-refractivity contribution in [1.82, 2.24) is 0 Å². The summed E-state index contributed by atoms with van der Waals surface area (Å²) in [5, 5.41) is 0. The molecule has 0 saturated carbocycles. The zero-order valence-corrected chi connectivity index (χ0v) is 11.4. The van der Waals surface area contributed by atoms with Gasteiger partial charge in [0.1, 0.15) is 0 Å². The number of rotatable bonds is 6. The molecule has 1 heterocycles. The number of ether oxygens (including phenoxy) is 1. The predicted octanol–water partition coefficient (Wildman–Crippen LogP) is 3.26. The first-order chi connectivity index (χ1) is 7.72. The summed E-state index contributed by atoms with van der Waals surface area (Å²) in [5.74, 6) is 1.82. The molecule has 1 rings (SSSR count). The fraction of sp³-hybridized carbons (Fsp3) is 0.846. The summed E-state index contributed by atoms with van der Waals surface area (Å²) >= 11 is 0. The summed E-state index contributed by atoms with van der Waals surface area (Å²) < 4.78 is 17.0. The van der Waals surface area contributed by atoms with Crippen LogP contribution in [-0.2, 0) is 15.5 Å². The van der Waals surface area contributed by atoms with Crippen molar-refractivity contribution in [3.8, 4) is 0 Å². The Morgan fingerprint density at radius 3 is 2.94 bits per heavy atom. The summed E-state index contributed by atoms with van der Waals surface area (Å²) in [7, 11) is -0.573. The van der Waals surface area contributed by atoms with Crippen LogP contribution in [0, 0.1) is 5.41 Å². The van der Waals surface area contributed by atoms with Crippen LogP contribution < -0.4 is 0 Å². The van der Waals surface area contributed by atoms with Crippen molar-refractivity contribution in [2.45, 2.75) is 46.0 Å². The highest BCUT2D eigenvalue weighted by atomic mass is 32.2. The lowest BCUT2D eigenvalue weighted by Gasteiger charge is -2.36. The Hall–Kier alpha value is -0.310. The molecule has 2 atom stereocenters. The molecule has 0 bridgehead atoms. The molecular formula is C13H24O2S. The lowest BCUT2D eigenvalue weighted by atomic mass is 9.78. The van der Waals surface area contributed by atoms with Gasteiger partial charge in [-0.25, -0.2) is 0 Å². The minimum Gasteiger partial charge on any atom is -0.502 e. The van der Waals surface area contributed by atoms with Crippen LogP contribution in [0.25, 0.3) is 0 Å². The zero-order chi connectivity index (χ0) is 11.9. The maximum atomic E-state index is 11.6. The van der Waals surface area contributed by atoms with Gasteiger partial charge in [-0.05, 0) is 44.4 Å². The normalized spacial score (nSPS) is 30.8. The Labute approximate surface area is 102 Å². The average molecular weight is 244 g/mol. The van der Waals surface area contributed by atoms with Crippen LogP contribution in [0.5, 0.6) is 0 Å². The van der Waals surface area contributed by atoms with Crippen molar-refractivity contribution < 1.29 is 8.95 Å². The SMILES string of the molecule is C/C=C/OCCCC1(CC)CCCS(=O)C1. The molecule has 2 nitrogen and oxygen atoms in total. The molecule has 0 aromatic carbocycles. The van der Waals surface area contributed by atoms with E-state index < -0.39 is 10.8 Å². The largest absolute Gasteiger partial charge is 0.502 e. The molecule has 0 amide bonds. The summed E-state index contributed by atoms with van der Waals surface area (Å²) in [6.07, 6.45) is 9.43. The molecule has 0 spiro atoms. The second-order valence-electron chi connectivity index (χ2n) is 4.69. The third kappa shape index (κ3) is 4.28. The van der Waals surface area contributed by atoms with E-state index in [-0.39, 0.29) is 0 Å². The van der Waals surface area contributed by atoms with Gasteiger partial charge in [-0.1, -0.05) is 13.0 Å². The third-order valence-electron chi connectivity index (χ3n) is 3.50. The molecule has 1 aliphatic heterocycles. The van der Waals surface area contributed by atoms with Crippen molar-refractivity contribution in [3.63, 3.8) is 0 Å². The highest BCUT2D eigenvalue weighted by Gasteiger charge is 2.32. The molecule has 0 aromatic rings. The van der Waals surface area contributed by atoms with E-state index in [2.05, 4.69) is 6.92 Å². The molecule has 1 saturated heterocycles. The Morgan fingerprint density at radius 1 is 1.50 bits per heavy atom. The second-order valence-corrected chi connectivity index (χ2v) is 6.27. The molecule has 2 unspecified atom stereocenters. The first-order valence-electron chi connectivity index (χ1n) is 6.30. The van der Waals surface area contributed by atoms with Crippen LogP contribution in [0.3, 0.4) is 0 Å². The van der Waals surface area contributed by atoms with Crippen LogP contribution in [0.2, 0.25) is 0 Å². The molecule has 94 valence electrons.